The van der Waals surface area contributed by atoms with Crippen LogP contribution in [0.5, 0.6) is 5.75 Å². The highest BCUT2D eigenvalue weighted by Crippen LogP contribution is 2.44. The van der Waals surface area contributed by atoms with E-state index in [4.69, 9.17) is 8.83 Å². The third-order valence-corrected chi connectivity index (χ3v) is 8.30. The highest BCUT2D eigenvalue weighted by atomic mass is 32.2. The average Bonchev–Trinajstić information content (AvgIpc) is 3.58. The minimum atomic E-state index is -3.82. The van der Waals surface area contributed by atoms with Crippen molar-refractivity contribution in [2.75, 3.05) is 24.7 Å². The van der Waals surface area contributed by atoms with Crippen LogP contribution in [-0.2, 0) is 10.0 Å². The van der Waals surface area contributed by atoms with Crippen molar-refractivity contribution < 1.29 is 35.9 Å². The summed E-state index contributed by atoms with van der Waals surface area (Å²) in [7, 11) is -1.03. The summed E-state index contributed by atoms with van der Waals surface area (Å²) in [6.45, 7) is 0. The number of sulfonamides is 1. The number of furan rings is 1. The number of phenols is 1. The molecule has 6 aromatic rings. The van der Waals surface area contributed by atoms with Crippen LogP contribution in [0.1, 0.15) is 10.4 Å². The molecule has 218 valence electrons. The second kappa shape index (κ2) is 10.2. The molecule has 1 amide bonds. The molecular formula is C31H23F2N3O6S. The van der Waals surface area contributed by atoms with Gasteiger partial charge in [0.15, 0.2) is 11.4 Å². The summed E-state index contributed by atoms with van der Waals surface area (Å²) in [5.41, 5.74) is 1.92. The summed E-state index contributed by atoms with van der Waals surface area (Å²) < 4.78 is 66.2. The van der Waals surface area contributed by atoms with Gasteiger partial charge < -0.3 is 19.3 Å². The van der Waals surface area contributed by atoms with Crippen LogP contribution >= 0.6 is 0 Å². The normalized spacial score (nSPS) is 11.7. The van der Waals surface area contributed by atoms with E-state index in [0.29, 0.717) is 22.0 Å². The molecule has 6 rings (SSSR count). The van der Waals surface area contributed by atoms with Gasteiger partial charge in [0.1, 0.15) is 28.4 Å². The second-order valence-electron chi connectivity index (χ2n) is 9.83. The Morgan fingerprint density at radius 1 is 0.953 bits per heavy atom. The molecule has 0 bridgehead atoms. The first-order valence-corrected chi connectivity index (χ1v) is 14.7. The minimum Gasteiger partial charge on any atom is -0.507 e. The van der Waals surface area contributed by atoms with Crippen LogP contribution < -0.4 is 9.62 Å². The molecule has 0 saturated heterocycles. The summed E-state index contributed by atoms with van der Waals surface area (Å²) in [6.07, 6.45) is 1.02. The SMILES string of the molecule is CNC(=O)c1c(-c2ccc(F)cc2)oc2cc(N(C)S(C)(=O)=O)c(-c3cc(-c4nc5cccc(F)c5o4)ccc3O)cc12. The lowest BCUT2D eigenvalue weighted by Gasteiger charge is -2.21. The molecule has 0 unspecified atom stereocenters. The van der Waals surface area contributed by atoms with E-state index in [0.717, 1.165) is 10.6 Å². The molecule has 4 aromatic carbocycles. The predicted molar refractivity (Wildman–Crippen MR) is 158 cm³/mol. The van der Waals surface area contributed by atoms with Crippen LogP contribution in [0.15, 0.2) is 81.6 Å². The third kappa shape index (κ3) is 4.85. The lowest BCUT2D eigenvalue weighted by Crippen LogP contribution is -2.25. The molecule has 0 radical (unpaired) electrons. The lowest BCUT2D eigenvalue weighted by atomic mass is 9.96. The Morgan fingerprint density at radius 3 is 2.35 bits per heavy atom. The topological polar surface area (TPSA) is 126 Å². The molecule has 0 saturated carbocycles. The van der Waals surface area contributed by atoms with E-state index in [1.54, 1.807) is 6.07 Å². The van der Waals surface area contributed by atoms with E-state index in [2.05, 4.69) is 10.3 Å². The van der Waals surface area contributed by atoms with Gasteiger partial charge in [0, 0.05) is 47.8 Å². The number of hydrogen-bond acceptors (Lipinski definition) is 7. The molecular weight excluding hydrogens is 580 g/mol. The van der Waals surface area contributed by atoms with Crippen molar-refractivity contribution in [3.8, 4) is 39.7 Å². The van der Waals surface area contributed by atoms with E-state index >= 15 is 0 Å². The standard InChI is InChI=1S/C31H23F2N3O6S/c1-34-30(38)27-21-14-19(20-13-17(9-12-25(20)37)31-35-23-6-4-5-22(33)29(23)42-31)24(36(2)43(3,39)40)15-26(21)41-28(27)16-7-10-18(32)11-8-16/h4-15,37H,1-3H3,(H,34,38). The van der Waals surface area contributed by atoms with Gasteiger partial charge in [0.05, 0.1) is 17.5 Å². The summed E-state index contributed by atoms with van der Waals surface area (Å²) in [4.78, 5) is 17.5. The number of aromatic hydroxyl groups is 1. The lowest BCUT2D eigenvalue weighted by molar-refractivity contribution is 0.0964. The number of halogens is 2. The van der Waals surface area contributed by atoms with Gasteiger partial charge in [-0.3, -0.25) is 9.10 Å². The molecule has 0 spiro atoms. The van der Waals surface area contributed by atoms with E-state index in [1.807, 2.05) is 0 Å². The molecule has 0 atom stereocenters. The molecule has 0 aliphatic rings. The number of aromatic nitrogens is 1. The van der Waals surface area contributed by atoms with Crippen LogP contribution in [-0.4, -0.2) is 44.8 Å². The van der Waals surface area contributed by atoms with Gasteiger partial charge in [-0.2, -0.15) is 0 Å². The largest absolute Gasteiger partial charge is 0.507 e. The molecule has 9 nitrogen and oxygen atoms in total. The molecule has 2 aromatic heterocycles. The fourth-order valence-electron chi connectivity index (χ4n) is 4.87. The third-order valence-electron chi connectivity index (χ3n) is 7.10. The molecule has 43 heavy (non-hydrogen) atoms. The van der Waals surface area contributed by atoms with E-state index in [-0.39, 0.29) is 50.9 Å². The number of para-hydroxylation sites is 1. The molecule has 0 fully saturated rings. The maximum atomic E-state index is 14.3. The molecule has 0 aliphatic heterocycles. The van der Waals surface area contributed by atoms with Gasteiger partial charge in [-0.15, -0.1) is 0 Å². The summed E-state index contributed by atoms with van der Waals surface area (Å²) in [5.74, 6) is -1.55. The maximum Gasteiger partial charge on any atom is 0.255 e. The van der Waals surface area contributed by atoms with Gasteiger partial charge in [-0.1, -0.05) is 6.07 Å². The Morgan fingerprint density at radius 2 is 1.67 bits per heavy atom. The Balaban J connectivity index is 1.64. The van der Waals surface area contributed by atoms with Crippen molar-refractivity contribution in [2.24, 2.45) is 0 Å². The Kier molecular flexibility index (Phi) is 6.65. The fraction of sp³-hybridized carbons (Fsp3) is 0.0968. The predicted octanol–water partition coefficient (Wildman–Crippen LogP) is 6.31. The number of amides is 1. The number of fused-ring (bicyclic) bond motifs is 2. The number of rotatable bonds is 6. The molecule has 0 aliphatic carbocycles. The molecule has 2 N–H and O–H groups in total. The monoisotopic (exact) mass is 603 g/mol. The summed E-state index contributed by atoms with van der Waals surface area (Å²) >= 11 is 0. The Bertz CT molecular complexity index is 2170. The number of nitrogens with one attached hydrogen (secondary N) is 1. The second-order valence-corrected chi connectivity index (χ2v) is 11.8. The fourth-order valence-corrected chi connectivity index (χ4v) is 5.37. The van der Waals surface area contributed by atoms with Crippen LogP contribution in [0.3, 0.4) is 0 Å². The first kappa shape index (κ1) is 27.9. The van der Waals surface area contributed by atoms with Gasteiger partial charge in [0.25, 0.3) is 5.91 Å². The van der Waals surface area contributed by atoms with E-state index in [1.165, 1.54) is 80.8 Å². The highest BCUT2D eigenvalue weighted by Gasteiger charge is 2.27. The number of nitrogens with zero attached hydrogens (tertiary/aromatic N) is 2. The zero-order chi connectivity index (χ0) is 30.6. The number of hydrogen-bond donors (Lipinski definition) is 2. The molecule has 2 heterocycles. The number of phenolic OH excluding ortho intramolecular Hbond substituents is 1. The maximum absolute atomic E-state index is 14.3. The summed E-state index contributed by atoms with van der Waals surface area (Å²) in [5, 5.41) is 13.9. The zero-order valence-corrected chi connectivity index (χ0v) is 23.8. The summed E-state index contributed by atoms with van der Waals surface area (Å²) in [6, 6.07) is 17.1. The van der Waals surface area contributed by atoms with Crippen LogP contribution in [0.2, 0.25) is 0 Å². The van der Waals surface area contributed by atoms with Crippen molar-refractivity contribution in [1.29, 1.82) is 0 Å². The number of carbonyl (C=O) groups is 1. The number of anilines is 1. The average molecular weight is 604 g/mol. The number of benzene rings is 4. The van der Waals surface area contributed by atoms with Gasteiger partial charge in [-0.25, -0.2) is 22.2 Å². The van der Waals surface area contributed by atoms with Crippen LogP contribution in [0, 0.1) is 11.6 Å². The zero-order valence-electron chi connectivity index (χ0n) is 23.0. The highest BCUT2D eigenvalue weighted by molar-refractivity contribution is 7.92. The van der Waals surface area contributed by atoms with Crippen molar-refractivity contribution in [1.82, 2.24) is 10.3 Å². The van der Waals surface area contributed by atoms with Crippen molar-refractivity contribution in [2.45, 2.75) is 0 Å². The minimum absolute atomic E-state index is 0.0343. The van der Waals surface area contributed by atoms with E-state index in [9.17, 15) is 27.1 Å². The van der Waals surface area contributed by atoms with E-state index < -0.39 is 27.6 Å². The smallest absolute Gasteiger partial charge is 0.255 e. The molecule has 12 heteroatoms. The number of oxazole rings is 1. The van der Waals surface area contributed by atoms with Crippen molar-refractivity contribution >= 4 is 43.7 Å². The van der Waals surface area contributed by atoms with Crippen LogP contribution in [0.25, 0.3) is 56.0 Å². The van der Waals surface area contributed by atoms with Gasteiger partial charge in [-0.05, 0) is 60.7 Å². The van der Waals surface area contributed by atoms with Crippen LogP contribution in [0.4, 0.5) is 14.5 Å². The quantitative estimate of drug-likeness (QED) is 0.228. The van der Waals surface area contributed by atoms with Gasteiger partial charge >= 0.3 is 0 Å². The Labute approximate surface area is 244 Å². The van der Waals surface area contributed by atoms with Crippen molar-refractivity contribution in [3.63, 3.8) is 0 Å². The first-order chi connectivity index (χ1) is 20.5. The number of carbonyl (C=O) groups excluding carboxylic acids is 1. The van der Waals surface area contributed by atoms with Gasteiger partial charge in [0.2, 0.25) is 15.9 Å². The Hall–Kier alpha value is -5.23. The first-order valence-electron chi connectivity index (χ1n) is 12.9. The van der Waals surface area contributed by atoms with Crippen molar-refractivity contribution in [3.05, 3.63) is 90.0 Å².